The van der Waals surface area contributed by atoms with E-state index in [-0.39, 0.29) is 17.9 Å². The van der Waals surface area contributed by atoms with Crippen LogP contribution >= 0.6 is 0 Å². The zero-order chi connectivity index (χ0) is 18.7. The van der Waals surface area contributed by atoms with E-state index in [0.29, 0.717) is 11.5 Å². The Bertz CT molecular complexity index is 538. The lowest BCUT2D eigenvalue weighted by molar-refractivity contribution is -0.123. The molecule has 0 aromatic heterocycles. The van der Waals surface area contributed by atoms with Crippen LogP contribution in [0.2, 0.25) is 0 Å². The largest absolute Gasteiger partial charge is 0.399 e. The molecule has 1 aliphatic heterocycles. The molecule has 1 aliphatic rings. The number of benzene rings is 1. The molecule has 4 heteroatoms. The van der Waals surface area contributed by atoms with Crippen molar-refractivity contribution in [3.63, 3.8) is 0 Å². The summed E-state index contributed by atoms with van der Waals surface area (Å²) >= 11 is 0. The number of unbranched alkanes of at least 4 members (excludes halogenated alkanes) is 1. The lowest BCUT2D eigenvalue weighted by Gasteiger charge is -2.25. The Morgan fingerprint density at radius 3 is 2.33 bits per heavy atom. The summed E-state index contributed by atoms with van der Waals surface area (Å²) in [5.74, 6) is 0.615. The minimum atomic E-state index is -0.0844. The summed E-state index contributed by atoms with van der Waals surface area (Å²) in [7, 11) is 0. The molecule has 2 rings (SSSR count). The highest BCUT2D eigenvalue weighted by atomic mass is 16.2. The van der Waals surface area contributed by atoms with Gasteiger partial charge >= 0.3 is 0 Å². The number of amides is 1. The van der Waals surface area contributed by atoms with E-state index in [1.807, 2.05) is 59.7 Å². The van der Waals surface area contributed by atoms with Gasteiger partial charge in [-0.15, -0.1) is 0 Å². The number of hydrogen-bond donors (Lipinski definition) is 2. The van der Waals surface area contributed by atoms with E-state index in [2.05, 4.69) is 17.2 Å². The predicted molar refractivity (Wildman–Crippen MR) is 105 cm³/mol. The van der Waals surface area contributed by atoms with E-state index in [1.165, 1.54) is 5.56 Å². The summed E-state index contributed by atoms with van der Waals surface area (Å²) in [6.07, 6.45) is 3.23. The molecule has 1 heterocycles. The average molecular weight is 334 g/mol. The summed E-state index contributed by atoms with van der Waals surface area (Å²) in [5, 5.41) is 2.91. The minimum Gasteiger partial charge on any atom is -0.399 e. The Hall–Kier alpha value is -1.84. The summed E-state index contributed by atoms with van der Waals surface area (Å²) in [6.45, 7) is 14.0. The van der Waals surface area contributed by atoms with Crippen LogP contribution in [0.15, 0.2) is 23.2 Å². The van der Waals surface area contributed by atoms with Crippen LogP contribution in [0.5, 0.6) is 0 Å². The van der Waals surface area contributed by atoms with Crippen LogP contribution in [-0.4, -0.2) is 17.8 Å². The van der Waals surface area contributed by atoms with Crippen LogP contribution in [0.1, 0.15) is 72.4 Å². The molecule has 0 radical (unpaired) electrons. The molecule has 2 unspecified atom stereocenters. The van der Waals surface area contributed by atoms with Crippen molar-refractivity contribution in [3.05, 3.63) is 29.3 Å². The molecule has 4 nitrogen and oxygen atoms in total. The lowest BCUT2D eigenvalue weighted by Crippen LogP contribution is -2.44. The molecule has 1 amide bonds. The summed E-state index contributed by atoms with van der Waals surface area (Å²) in [5.41, 5.74) is 8.75. The molecule has 0 aliphatic carbocycles. The summed E-state index contributed by atoms with van der Waals surface area (Å²) in [6, 6.07) is 5.86. The highest BCUT2D eigenvalue weighted by Crippen LogP contribution is 2.20. The quantitative estimate of drug-likeness (QED) is 0.793. The smallest absolute Gasteiger partial charge is 0.230 e. The highest BCUT2D eigenvalue weighted by Gasteiger charge is 2.27. The van der Waals surface area contributed by atoms with Crippen LogP contribution in [0.4, 0.5) is 5.69 Å². The zero-order valence-corrected chi connectivity index (χ0v) is 16.4. The van der Waals surface area contributed by atoms with E-state index in [4.69, 9.17) is 5.73 Å². The molecule has 24 heavy (non-hydrogen) atoms. The maximum Gasteiger partial charge on any atom is 0.230 e. The Morgan fingerprint density at radius 1 is 1.17 bits per heavy atom. The van der Waals surface area contributed by atoms with Crippen molar-refractivity contribution < 1.29 is 4.79 Å². The van der Waals surface area contributed by atoms with Crippen molar-refractivity contribution in [2.75, 3.05) is 5.73 Å². The van der Waals surface area contributed by atoms with E-state index in [9.17, 15) is 4.79 Å². The Kier molecular flexibility index (Phi) is 10.8. The molecule has 0 fully saturated rings. The number of carbonyl (C=O) groups is 1. The molecule has 1 aromatic rings. The fraction of sp³-hybridized carbons (Fsp3) is 0.600. The topological polar surface area (TPSA) is 67.5 Å². The van der Waals surface area contributed by atoms with E-state index in [0.717, 1.165) is 24.8 Å². The second-order valence-corrected chi connectivity index (χ2v) is 5.52. The third-order valence-corrected chi connectivity index (χ3v) is 3.90. The third-order valence-electron chi connectivity index (χ3n) is 3.90. The zero-order valence-electron chi connectivity index (χ0n) is 16.4. The number of anilines is 1. The standard InChI is InChI=1S/C16H23N3O.2C2H6/c1-4-5-6-12-7-8-13(17)9-14(12)15-18-11(3)10(2)16(20)19-15;2*1-2/h7-11H,4-6,17H2,1-3H3,(H,18,19,20);2*1-2H3. The van der Waals surface area contributed by atoms with E-state index >= 15 is 0 Å². The first-order chi connectivity index (χ1) is 11.5. The van der Waals surface area contributed by atoms with Gasteiger partial charge < -0.3 is 11.1 Å². The van der Waals surface area contributed by atoms with Gasteiger partial charge in [0.15, 0.2) is 0 Å². The molecule has 3 N–H and O–H groups in total. The summed E-state index contributed by atoms with van der Waals surface area (Å²) in [4.78, 5) is 16.6. The van der Waals surface area contributed by atoms with Crippen molar-refractivity contribution in [1.29, 1.82) is 0 Å². The van der Waals surface area contributed by atoms with Gasteiger partial charge in [-0.1, -0.05) is 54.0 Å². The highest BCUT2D eigenvalue weighted by molar-refractivity contribution is 6.11. The lowest BCUT2D eigenvalue weighted by atomic mass is 9.96. The van der Waals surface area contributed by atoms with Gasteiger partial charge in [0.1, 0.15) is 5.84 Å². The van der Waals surface area contributed by atoms with Crippen LogP contribution in [-0.2, 0) is 11.2 Å². The fourth-order valence-corrected chi connectivity index (χ4v) is 2.33. The molecule has 136 valence electrons. The molecule has 0 bridgehead atoms. The van der Waals surface area contributed by atoms with Gasteiger partial charge in [-0.25, -0.2) is 0 Å². The molecule has 0 saturated carbocycles. The second kappa shape index (κ2) is 11.7. The van der Waals surface area contributed by atoms with Crippen molar-refractivity contribution in [2.45, 2.75) is 73.8 Å². The van der Waals surface area contributed by atoms with Gasteiger partial charge in [-0.05, 0) is 37.5 Å². The molecular weight excluding hydrogens is 298 g/mol. The number of hydrogen-bond acceptors (Lipinski definition) is 3. The van der Waals surface area contributed by atoms with Gasteiger partial charge in [-0.3, -0.25) is 9.79 Å². The number of carbonyl (C=O) groups excluding carboxylic acids is 1. The van der Waals surface area contributed by atoms with Crippen molar-refractivity contribution in [1.82, 2.24) is 5.32 Å². The number of nitrogens with two attached hydrogens (primary N) is 1. The van der Waals surface area contributed by atoms with E-state index in [1.54, 1.807) is 0 Å². The number of nitrogens with one attached hydrogen (secondary N) is 1. The summed E-state index contributed by atoms with van der Waals surface area (Å²) < 4.78 is 0. The first kappa shape index (κ1) is 22.2. The SMILES string of the molecule is CC.CC.CCCCc1ccc(N)cc1C1=NC(C)C(C)C(=O)N1. The average Bonchev–Trinajstić information content (AvgIpc) is 2.61. The molecule has 0 spiro atoms. The molecular formula is C20H35N3O. The fourth-order valence-electron chi connectivity index (χ4n) is 2.33. The predicted octanol–water partition coefficient (Wildman–Crippen LogP) is 4.56. The van der Waals surface area contributed by atoms with Gasteiger partial charge in [-0.2, -0.15) is 0 Å². The van der Waals surface area contributed by atoms with E-state index < -0.39 is 0 Å². The van der Waals surface area contributed by atoms with Crippen LogP contribution in [0.3, 0.4) is 0 Å². The molecule has 1 aromatic carbocycles. The number of aliphatic imine (C=N–C) groups is 1. The first-order valence-corrected chi connectivity index (χ1v) is 9.30. The number of nitrogen functional groups attached to an aromatic ring is 1. The monoisotopic (exact) mass is 333 g/mol. The number of aryl methyl sites for hydroxylation is 1. The van der Waals surface area contributed by atoms with Crippen molar-refractivity contribution in [2.24, 2.45) is 10.9 Å². The van der Waals surface area contributed by atoms with Gasteiger partial charge in [0.2, 0.25) is 5.91 Å². The van der Waals surface area contributed by atoms with Crippen LogP contribution < -0.4 is 11.1 Å². The third kappa shape index (κ3) is 5.99. The van der Waals surface area contributed by atoms with Crippen LogP contribution in [0.25, 0.3) is 0 Å². The van der Waals surface area contributed by atoms with Gasteiger partial charge in [0.25, 0.3) is 0 Å². The molecule has 2 atom stereocenters. The number of rotatable bonds is 4. The van der Waals surface area contributed by atoms with Crippen molar-refractivity contribution in [3.8, 4) is 0 Å². The Balaban J connectivity index is 0.00000123. The Labute approximate surface area is 147 Å². The van der Waals surface area contributed by atoms with Crippen LogP contribution in [0, 0.1) is 5.92 Å². The maximum absolute atomic E-state index is 12.0. The second-order valence-electron chi connectivity index (χ2n) is 5.52. The van der Waals surface area contributed by atoms with Crippen molar-refractivity contribution >= 4 is 17.4 Å². The maximum atomic E-state index is 12.0. The van der Waals surface area contributed by atoms with Gasteiger partial charge in [0.05, 0.1) is 12.0 Å². The molecule has 0 saturated heterocycles. The van der Waals surface area contributed by atoms with Gasteiger partial charge in [0, 0.05) is 11.3 Å². The normalized spacial score (nSPS) is 19.1. The number of nitrogens with zero attached hydrogens (tertiary/aromatic N) is 1. The number of amidine groups is 1. The Morgan fingerprint density at radius 2 is 1.79 bits per heavy atom. The minimum absolute atomic E-state index is 0.000735. The first-order valence-electron chi connectivity index (χ1n) is 9.30.